The molecule has 124 valence electrons. The maximum atomic E-state index is 12.9. The summed E-state index contributed by atoms with van der Waals surface area (Å²) >= 11 is 0. The minimum absolute atomic E-state index is 0.0766. The van der Waals surface area contributed by atoms with Crippen molar-refractivity contribution in [2.75, 3.05) is 18.4 Å². The van der Waals surface area contributed by atoms with Crippen LogP contribution in [0.5, 0.6) is 0 Å². The lowest BCUT2D eigenvalue weighted by molar-refractivity contribution is 0.218. The molecule has 1 N–H and O–H groups in total. The van der Waals surface area contributed by atoms with E-state index >= 15 is 0 Å². The molecule has 2 unspecified atom stereocenters. The number of rotatable bonds is 2. The summed E-state index contributed by atoms with van der Waals surface area (Å²) in [7, 11) is 0. The predicted molar refractivity (Wildman–Crippen MR) is 92.4 cm³/mol. The molecule has 1 saturated heterocycles. The summed E-state index contributed by atoms with van der Waals surface area (Å²) in [5.41, 5.74) is 2.06. The second kappa shape index (κ2) is 6.27. The van der Waals surface area contributed by atoms with E-state index in [9.17, 15) is 9.18 Å². The Balaban J connectivity index is 1.35. The number of anilines is 1. The molecule has 1 heterocycles. The highest BCUT2D eigenvalue weighted by Crippen LogP contribution is 2.46. The molecule has 2 atom stereocenters. The number of halogens is 1. The van der Waals surface area contributed by atoms with Gasteiger partial charge in [0.2, 0.25) is 0 Å². The normalized spacial score (nSPS) is 25.5. The van der Waals surface area contributed by atoms with Gasteiger partial charge in [0, 0.05) is 18.8 Å². The van der Waals surface area contributed by atoms with Crippen molar-refractivity contribution in [3.05, 3.63) is 66.0 Å². The van der Waals surface area contributed by atoms with E-state index in [1.807, 2.05) is 4.90 Å². The van der Waals surface area contributed by atoms with Crippen LogP contribution in [0, 0.1) is 17.7 Å². The molecule has 1 aliphatic carbocycles. The molecule has 2 aromatic carbocycles. The third kappa shape index (κ3) is 3.01. The van der Waals surface area contributed by atoms with Crippen LogP contribution in [0.2, 0.25) is 0 Å². The fraction of sp³-hybridized carbons (Fsp3) is 0.350. The fourth-order valence-electron chi connectivity index (χ4n) is 4.20. The minimum atomic E-state index is -0.296. The number of hydrogen-bond donors (Lipinski definition) is 1. The van der Waals surface area contributed by atoms with Crippen LogP contribution in [0.3, 0.4) is 0 Å². The molecule has 4 heteroatoms. The first-order valence-corrected chi connectivity index (χ1v) is 8.55. The lowest BCUT2D eigenvalue weighted by Crippen LogP contribution is -2.33. The zero-order valence-corrected chi connectivity index (χ0v) is 13.5. The quantitative estimate of drug-likeness (QED) is 0.868. The Morgan fingerprint density at radius 2 is 1.58 bits per heavy atom. The summed E-state index contributed by atoms with van der Waals surface area (Å²) in [5, 5.41) is 2.86. The molecule has 2 aromatic rings. The average molecular weight is 324 g/mol. The molecular weight excluding hydrogens is 303 g/mol. The van der Waals surface area contributed by atoms with Gasteiger partial charge in [0.05, 0.1) is 0 Å². The van der Waals surface area contributed by atoms with E-state index in [1.54, 1.807) is 12.1 Å². The van der Waals surface area contributed by atoms with E-state index in [1.165, 1.54) is 17.7 Å². The molecule has 0 aromatic heterocycles. The second-order valence-corrected chi connectivity index (χ2v) is 6.94. The van der Waals surface area contributed by atoms with Crippen LogP contribution >= 0.6 is 0 Å². The summed E-state index contributed by atoms with van der Waals surface area (Å²) < 4.78 is 12.9. The SMILES string of the molecule is O=C(Nc1ccc(F)cc1)N1CC2CC(c3ccccc3)CC2C1. The van der Waals surface area contributed by atoms with E-state index in [0.29, 0.717) is 23.4 Å². The van der Waals surface area contributed by atoms with Crippen molar-refractivity contribution in [2.45, 2.75) is 18.8 Å². The first kappa shape index (κ1) is 15.2. The van der Waals surface area contributed by atoms with Gasteiger partial charge in [-0.05, 0) is 60.4 Å². The van der Waals surface area contributed by atoms with Crippen molar-refractivity contribution < 1.29 is 9.18 Å². The first-order chi connectivity index (χ1) is 11.7. The summed E-state index contributed by atoms with van der Waals surface area (Å²) in [6, 6.07) is 16.5. The summed E-state index contributed by atoms with van der Waals surface area (Å²) in [6.45, 7) is 1.64. The number of nitrogens with zero attached hydrogens (tertiary/aromatic N) is 1. The number of likely N-dealkylation sites (tertiary alicyclic amines) is 1. The Labute approximate surface area is 141 Å². The topological polar surface area (TPSA) is 32.3 Å². The number of carbonyl (C=O) groups excluding carboxylic acids is 1. The molecule has 1 saturated carbocycles. The van der Waals surface area contributed by atoms with Crippen LogP contribution in [-0.2, 0) is 0 Å². The largest absolute Gasteiger partial charge is 0.324 e. The van der Waals surface area contributed by atoms with Crippen molar-refractivity contribution in [1.82, 2.24) is 4.90 Å². The van der Waals surface area contributed by atoms with Crippen molar-refractivity contribution in [3.63, 3.8) is 0 Å². The van der Waals surface area contributed by atoms with Crippen molar-refractivity contribution >= 4 is 11.7 Å². The standard InChI is InChI=1S/C20H21FN2O/c21-18-6-8-19(9-7-18)22-20(24)23-12-16-10-15(11-17(16)13-23)14-4-2-1-3-5-14/h1-9,15-17H,10-13H2,(H,22,24). The third-order valence-electron chi connectivity index (χ3n) is 5.40. The monoisotopic (exact) mass is 324 g/mol. The van der Waals surface area contributed by atoms with Gasteiger partial charge in [-0.25, -0.2) is 9.18 Å². The molecule has 2 aliphatic rings. The van der Waals surface area contributed by atoms with Crippen LogP contribution in [-0.4, -0.2) is 24.0 Å². The molecular formula is C20H21FN2O. The number of hydrogen-bond acceptors (Lipinski definition) is 1. The van der Waals surface area contributed by atoms with Gasteiger partial charge in [-0.2, -0.15) is 0 Å². The lowest BCUT2D eigenvalue weighted by atomic mass is 9.96. The number of benzene rings is 2. The zero-order chi connectivity index (χ0) is 16.5. The predicted octanol–water partition coefficient (Wildman–Crippen LogP) is 4.48. The number of carbonyl (C=O) groups is 1. The van der Waals surface area contributed by atoms with Crippen LogP contribution < -0.4 is 5.32 Å². The third-order valence-corrected chi connectivity index (χ3v) is 5.40. The molecule has 0 bridgehead atoms. The average Bonchev–Trinajstić information content (AvgIpc) is 3.17. The number of amides is 2. The zero-order valence-electron chi connectivity index (χ0n) is 13.5. The van der Waals surface area contributed by atoms with Gasteiger partial charge < -0.3 is 10.2 Å². The molecule has 0 radical (unpaired) electrons. The Bertz CT molecular complexity index is 702. The molecule has 4 rings (SSSR count). The summed E-state index contributed by atoms with van der Waals surface area (Å²) in [5.74, 6) is 1.52. The molecule has 2 amide bonds. The molecule has 2 fully saturated rings. The van der Waals surface area contributed by atoms with E-state index < -0.39 is 0 Å². The van der Waals surface area contributed by atoms with E-state index in [2.05, 4.69) is 35.6 Å². The first-order valence-electron chi connectivity index (χ1n) is 8.55. The lowest BCUT2D eigenvalue weighted by Gasteiger charge is -2.20. The molecule has 24 heavy (non-hydrogen) atoms. The second-order valence-electron chi connectivity index (χ2n) is 6.94. The Hall–Kier alpha value is -2.36. The number of fused-ring (bicyclic) bond motifs is 1. The Kier molecular flexibility index (Phi) is 3.97. The maximum Gasteiger partial charge on any atom is 0.321 e. The van der Waals surface area contributed by atoms with Gasteiger partial charge in [-0.3, -0.25) is 0 Å². The smallest absolute Gasteiger partial charge is 0.321 e. The highest BCUT2D eigenvalue weighted by Gasteiger charge is 2.42. The summed E-state index contributed by atoms with van der Waals surface area (Å²) in [4.78, 5) is 14.3. The van der Waals surface area contributed by atoms with Crippen LogP contribution in [0.4, 0.5) is 14.9 Å². The van der Waals surface area contributed by atoms with Crippen LogP contribution in [0.25, 0.3) is 0 Å². The van der Waals surface area contributed by atoms with Gasteiger partial charge in [0.15, 0.2) is 0 Å². The van der Waals surface area contributed by atoms with E-state index in [4.69, 9.17) is 0 Å². The van der Waals surface area contributed by atoms with Crippen molar-refractivity contribution in [2.24, 2.45) is 11.8 Å². The highest BCUT2D eigenvalue weighted by molar-refractivity contribution is 5.89. The van der Waals surface area contributed by atoms with Crippen LogP contribution in [0.1, 0.15) is 24.3 Å². The highest BCUT2D eigenvalue weighted by atomic mass is 19.1. The van der Waals surface area contributed by atoms with Crippen LogP contribution in [0.15, 0.2) is 54.6 Å². The maximum absolute atomic E-state index is 12.9. The van der Waals surface area contributed by atoms with Crippen molar-refractivity contribution in [1.29, 1.82) is 0 Å². The van der Waals surface area contributed by atoms with Gasteiger partial charge in [-0.15, -0.1) is 0 Å². The van der Waals surface area contributed by atoms with Gasteiger partial charge in [-0.1, -0.05) is 30.3 Å². The van der Waals surface area contributed by atoms with Crippen molar-refractivity contribution in [3.8, 4) is 0 Å². The van der Waals surface area contributed by atoms with E-state index in [-0.39, 0.29) is 11.8 Å². The number of urea groups is 1. The Morgan fingerprint density at radius 1 is 0.958 bits per heavy atom. The molecule has 3 nitrogen and oxygen atoms in total. The minimum Gasteiger partial charge on any atom is -0.324 e. The van der Waals surface area contributed by atoms with Gasteiger partial charge in [0.25, 0.3) is 0 Å². The number of nitrogens with one attached hydrogen (secondary N) is 1. The van der Waals surface area contributed by atoms with Gasteiger partial charge in [0.1, 0.15) is 5.82 Å². The summed E-state index contributed by atoms with van der Waals surface area (Å²) in [6.07, 6.45) is 2.32. The Morgan fingerprint density at radius 3 is 2.21 bits per heavy atom. The molecule has 0 spiro atoms. The van der Waals surface area contributed by atoms with E-state index in [0.717, 1.165) is 25.9 Å². The fourth-order valence-corrected chi connectivity index (χ4v) is 4.20. The van der Waals surface area contributed by atoms with Gasteiger partial charge >= 0.3 is 6.03 Å². The molecule has 1 aliphatic heterocycles.